The largest absolute Gasteiger partial charge is 0.503 e. The Labute approximate surface area is 136 Å². The Balaban J connectivity index is 2.33. The quantitative estimate of drug-likeness (QED) is 0.923. The topological polar surface area (TPSA) is 59.7 Å². The Morgan fingerprint density at radius 3 is 2.82 bits per heavy atom. The standard InChI is InChI=1S/C16H22ClN3O2/c1-4-22-15-8-12(7-13(17)16(15)21)14(9-18)20-6-5-19(3)10-11(20)2/h7-8,11,14,21H,4-6,10H2,1-3H3. The molecule has 2 rings (SSSR count). The maximum atomic E-state index is 9.94. The lowest BCUT2D eigenvalue weighted by atomic mass is 10.0. The number of phenolic OH excluding ortho intramolecular Hbond substituents is 1. The highest BCUT2D eigenvalue weighted by molar-refractivity contribution is 6.32. The van der Waals surface area contributed by atoms with Gasteiger partial charge in [0.2, 0.25) is 0 Å². The van der Waals surface area contributed by atoms with Gasteiger partial charge in [-0.1, -0.05) is 11.6 Å². The minimum absolute atomic E-state index is 0.0737. The van der Waals surface area contributed by atoms with E-state index in [0.29, 0.717) is 12.4 Å². The monoisotopic (exact) mass is 323 g/mol. The van der Waals surface area contributed by atoms with Crippen LogP contribution in [0.4, 0.5) is 0 Å². The van der Waals surface area contributed by atoms with Gasteiger partial charge in [-0.2, -0.15) is 5.26 Å². The number of hydrogen-bond donors (Lipinski definition) is 1. The Morgan fingerprint density at radius 1 is 1.50 bits per heavy atom. The van der Waals surface area contributed by atoms with Crippen LogP contribution in [0, 0.1) is 11.3 Å². The van der Waals surface area contributed by atoms with Crippen molar-refractivity contribution < 1.29 is 9.84 Å². The molecule has 0 aliphatic carbocycles. The van der Waals surface area contributed by atoms with Gasteiger partial charge in [0, 0.05) is 25.7 Å². The number of rotatable bonds is 4. The number of nitriles is 1. The molecule has 0 radical (unpaired) electrons. The first-order valence-electron chi connectivity index (χ1n) is 7.47. The lowest BCUT2D eigenvalue weighted by Gasteiger charge is -2.40. The summed E-state index contributed by atoms with van der Waals surface area (Å²) in [6.45, 7) is 7.04. The fourth-order valence-electron chi connectivity index (χ4n) is 2.89. The second kappa shape index (κ2) is 7.19. The van der Waals surface area contributed by atoms with Crippen molar-refractivity contribution in [1.82, 2.24) is 9.80 Å². The molecule has 0 saturated carbocycles. The number of halogens is 1. The first-order valence-corrected chi connectivity index (χ1v) is 7.84. The van der Waals surface area contributed by atoms with Crippen LogP contribution < -0.4 is 4.74 Å². The Kier molecular flexibility index (Phi) is 5.52. The highest BCUT2D eigenvalue weighted by Crippen LogP contribution is 2.38. The summed E-state index contributed by atoms with van der Waals surface area (Å²) in [5.41, 5.74) is 0.755. The van der Waals surface area contributed by atoms with Crippen molar-refractivity contribution in [2.75, 3.05) is 33.3 Å². The van der Waals surface area contributed by atoms with Gasteiger partial charge in [-0.05, 0) is 38.6 Å². The van der Waals surface area contributed by atoms with Crippen LogP contribution in [0.3, 0.4) is 0 Å². The molecule has 120 valence electrons. The maximum Gasteiger partial charge on any atom is 0.176 e. The molecule has 1 N–H and O–H groups in total. The summed E-state index contributed by atoms with van der Waals surface area (Å²) in [6, 6.07) is 5.59. The van der Waals surface area contributed by atoms with Crippen molar-refractivity contribution in [3.63, 3.8) is 0 Å². The smallest absolute Gasteiger partial charge is 0.176 e. The third-order valence-electron chi connectivity index (χ3n) is 4.00. The molecule has 1 aromatic rings. The molecule has 1 aromatic carbocycles. The van der Waals surface area contributed by atoms with Crippen LogP contribution in [-0.2, 0) is 0 Å². The van der Waals surface area contributed by atoms with Gasteiger partial charge in [0.15, 0.2) is 11.5 Å². The number of nitrogens with zero attached hydrogens (tertiary/aromatic N) is 3. The van der Waals surface area contributed by atoms with Crippen molar-refractivity contribution in [3.05, 3.63) is 22.7 Å². The molecule has 1 fully saturated rings. The lowest BCUT2D eigenvalue weighted by Crippen LogP contribution is -2.51. The van der Waals surface area contributed by atoms with E-state index in [1.807, 2.05) is 6.92 Å². The zero-order valence-electron chi connectivity index (χ0n) is 13.2. The predicted molar refractivity (Wildman–Crippen MR) is 86.3 cm³/mol. The van der Waals surface area contributed by atoms with Crippen LogP contribution in [-0.4, -0.2) is 54.2 Å². The van der Waals surface area contributed by atoms with E-state index in [4.69, 9.17) is 16.3 Å². The lowest BCUT2D eigenvalue weighted by molar-refractivity contribution is 0.0796. The van der Waals surface area contributed by atoms with Crippen molar-refractivity contribution in [1.29, 1.82) is 5.26 Å². The van der Waals surface area contributed by atoms with Gasteiger partial charge in [0.05, 0.1) is 17.7 Å². The van der Waals surface area contributed by atoms with E-state index in [1.165, 1.54) is 0 Å². The van der Waals surface area contributed by atoms with Crippen LogP contribution >= 0.6 is 11.6 Å². The molecule has 1 aliphatic rings. The number of benzene rings is 1. The molecule has 22 heavy (non-hydrogen) atoms. The van der Waals surface area contributed by atoms with Crippen LogP contribution in [0.15, 0.2) is 12.1 Å². The molecule has 2 atom stereocenters. The van der Waals surface area contributed by atoms with Gasteiger partial charge in [0.25, 0.3) is 0 Å². The summed E-state index contributed by atoms with van der Waals surface area (Å²) in [5.74, 6) is 0.252. The first kappa shape index (κ1) is 16.9. The van der Waals surface area contributed by atoms with Crippen molar-refractivity contribution in [2.24, 2.45) is 0 Å². The van der Waals surface area contributed by atoms with Crippen molar-refractivity contribution in [3.8, 4) is 17.6 Å². The number of ether oxygens (including phenoxy) is 1. The average Bonchev–Trinajstić information content (AvgIpc) is 2.47. The van der Waals surface area contributed by atoms with E-state index in [-0.39, 0.29) is 16.8 Å². The second-order valence-electron chi connectivity index (χ2n) is 5.66. The Morgan fingerprint density at radius 2 is 2.23 bits per heavy atom. The third-order valence-corrected chi connectivity index (χ3v) is 4.29. The molecule has 0 aromatic heterocycles. The van der Waals surface area contributed by atoms with E-state index in [1.54, 1.807) is 12.1 Å². The third kappa shape index (κ3) is 3.46. The van der Waals surface area contributed by atoms with Crippen LogP contribution in [0.2, 0.25) is 5.02 Å². The van der Waals surface area contributed by atoms with E-state index in [0.717, 1.165) is 25.2 Å². The molecule has 6 heteroatoms. The van der Waals surface area contributed by atoms with Crippen LogP contribution in [0.1, 0.15) is 25.5 Å². The van der Waals surface area contributed by atoms with Gasteiger partial charge < -0.3 is 14.7 Å². The molecule has 5 nitrogen and oxygen atoms in total. The number of likely N-dealkylation sites (N-methyl/N-ethyl adjacent to an activating group) is 1. The van der Waals surface area contributed by atoms with Crippen molar-refractivity contribution >= 4 is 11.6 Å². The van der Waals surface area contributed by atoms with Gasteiger partial charge in [-0.3, -0.25) is 4.90 Å². The zero-order valence-corrected chi connectivity index (χ0v) is 14.0. The summed E-state index contributed by atoms with van der Waals surface area (Å²) in [6.07, 6.45) is 0. The molecule has 1 saturated heterocycles. The van der Waals surface area contributed by atoms with Gasteiger partial charge in [-0.15, -0.1) is 0 Å². The SMILES string of the molecule is CCOc1cc(C(C#N)N2CCN(C)CC2C)cc(Cl)c1O. The summed E-state index contributed by atoms with van der Waals surface area (Å²) in [5, 5.41) is 19.8. The molecular formula is C16H22ClN3O2. The summed E-state index contributed by atoms with van der Waals surface area (Å²) < 4.78 is 5.41. The maximum absolute atomic E-state index is 9.94. The molecule has 2 unspecified atom stereocenters. The summed E-state index contributed by atoms with van der Waals surface area (Å²) in [7, 11) is 2.08. The average molecular weight is 324 g/mol. The van der Waals surface area contributed by atoms with E-state index >= 15 is 0 Å². The van der Waals surface area contributed by atoms with Crippen LogP contribution in [0.25, 0.3) is 0 Å². The highest BCUT2D eigenvalue weighted by atomic mass is 35.5. The predicted octanol–water partition coefficient (Wildman–Crippen LogP) is 2.64. The first-order chi connectivity index (χ1) is 10.5. The number of aromatic hydroxyl groups is 1. The number of hydrogen-bond acceptors (Lipinski definition) is 5. The van der Waals surface area contributed by atoms with Gasteiger partial charge in [-0.25, -0.2) is 0 Å². The second-order valence-corrected chi connectivity index (χ2v) is 6.07. The molecule has 1 aliphatic heterocycles. The molecular weight excluding hydrogens is 302 g/mol. The zero-order chi connectivity index (χ0) is 16.3. The minimum atomic E-state index is -0.402. The molecule has 0 spiro atoms. The van der Waals surface area contributed by atoms with Crippen molar-refractivity contribution in [2.45, 2.75) is 25.9 Å². The van der Waals surface area contributed by atoms with Gasteiger partial charge >= 0.3 is 0 Å². The molecule has 0 amide bonds. The van der Waals surface area contributed by atoms with E-state index in [9.17, 15) is 10.4 Å². The fourth-order valence-corrected chi connectivity index (χ4v) is 3.11. The Bertz CT molecular complexity index is 573. The van der Waals surface area contributed by atoms with Gasteiger partial charge in [0.1, 0.15) is 6.04 Å². The summed E-state index contributed by atoms with van der Waals surface area (Å²) >= 11 is 6.09. The number of piperazine rings is 1. The molecule has 1 heterocycles. The highest BCUT2D eigenvalue weighted by Gasteiger charge is 2.30. The number of phenols is 1. The minimum Gasteiger partial charge on any atom is -0.503 e. The Hall–Kier alpha value is -1.48. The van der Waals surface area contributed by atoms with Crippen LogP contribution in [0.5, 0.6) is 11.5 Å². The van der Waals surface area contributed by atoms with E-state index in [2.05, 4.69) is 29.8 Å². The summed E-state index contributed by atoms with van der Waals surface area (Å²) in [4.78, 5) is 4.42. The normalized spacial score (nSPS) is 21.3. The molecule has 0 bridgehead atoms. The fraction of sp³-hybridized carbons (Fsp3) is 0.562. The van der Waals surface area contributed by atoms with E-state index < -0.39 is 6.04 Å².